The Morgan fingerprint density at radius 1 is 1.11 bits per heavy atom. The number of halogens is 2. The van der Waals surface area contributed by atoms with E-state index in [9.17, 15) is 8.78 Å². The molecule has 5 heterocycles. The lowest BCUT2D eigenvalue weighted by molar-refractivity contribution is 0.518. The summed E-state index contributed by atoms with van der Waals surface area (Å²) in [4.78, 5) is 10.4. The van der Waals surface area contributed by atoms with E-state index in [0.29, 0.717) is 30.2 Å². The molecule has 0 unspecified atom stereocenters. The minimum Gasteiger partial charge on any atom is -0.348 e. The molecule has 9 heteroatoms. The molecule has 5 rings (SSSR count). The topological polar surface area (TPSA) is 64.1 Å². The number of rotatable bonds is 3. The van der Waals surface area contributed by atoms with Gasteiger partial charge in [0.15, 0.2) is 11.5 Å². The summed E-state index contributed by atoms with van der Waals surface area (Å²) in [5.74, 6) is 0.166. The third-order valence-electron chi connectivity index (χ3n) is 4.95. The van der Waals surface area contributed by atoms with Crippen LogP contribution < -0.4 is 4.90 Å². The molecular formula is C19H17F2N7. The van der Waals surface area contributed by atoms with Crippen LogP contribution in [-0.4, -0.2) is 35.9 Å². The fourth-order valence-electron chi connectivity index (χ4n) is 3.66. The van der Waals surface area contributed by atoms with Crippen LogP contribution in [0.5, 0.6) is 0 Å². The predicted molar refractivity (Wildman–Crippen MR) is 98.3 cm³/mol. The third kappa shape index (κ3) is 2.79. The van der Waals surface area contributed by atoms with Crippen molar-refractivity contribution in [2.45, 2.75) is 25.8 Å². The van der Waals surface area contributed by atoms with E-state index in [4.69, 9.17) is 0 Å². The zero-order valence-electron chi connectivity index (χ0n) is 15.1. The summed E-state index contributed by atoms with van der Waals surface area (Å²) in [6, 6.07) is 5.48. The second-order valence-electron chi connectivity index (χ2n) is 6.91. The third-order valence-corrected chi connectivity index (χ3v) is 4.95. The van der Waals surface area contributed by atoms with Crippen LogP contribution in [-0.2, 0) is 0 Å². The summed E-state index contributed by atoms with van der Waals surface area (Å²) in [7, 11) is 0. The Bertz CT molecular complexity index is 1170. The van der Waals surface area contributed by atoms with Crippen molar-refractivity contribution in [1.82, 2.24) is 29.4 Å². The lowest BCUT2D eigenvalue weighted by atomic mass is 10.1. The first-order valence-electron chi connectivity index (χ1n) is 9.05. The highest BCUT2D eigenvalue weighted by Crippen LogP contribution is 2.35. The van der Waals surface area contributed by atoms with Gasteiger partial charge in [0.25, 0.3) is 0 Å². The molecule has 1 aliphatic heterocycles. The van der Waals surface area contributed by atoms with E-state index < -0.39 is 11.8 Å². The Labute approximate surface area is 159 Å². The van der Waals surface area contributed by atoms with E-state index >= 15 is 0 Å². The quantitative estimate of drug-likeness (QED) is 0.510. The summed E-state index contributed by atoms with van der Waals surface area (Å²) in [5.41, 5.74) is 1.81. The van der Waals surface area contributed by atoms with E-state index in [1.54, 1.807) is 15.4 Å². The molecule has 0 saturated carbocycles. The first-order chi connectivity index (χ1) is 13.6. The molecule has 0 aromatic carbocycles. The van der Waals surface area contributed by atoms with Gasteiger partial charge in [-0.25, -0.2) is 23.6 Å². The molecule has 4 aromatic rings. The van der Waals surface area contributed by atoms with Crippen molar-refractivity contribution >= 4 is 11.5 Å². The molecule has 0 radical (unpaired) electrons. The van der Waals surface area contributed by atoms with Crippen molar-refractivity contribution in [1.29, 1.82) is 0 Å². The number of anilines is 1. The summed E-state index contributed by atoms with van der Waals surface area (Å²) in [6.45, 7) is 2.66. The minimum absolute atomic E-state index is 0.125. The number of aromatic nitrogens is 6. The van der Waals surface area contributed by atoms with Gasteiger partial charge in [0.05, 0.1) is 12.2 Å². The van der Waals surface area contributed by atoms with Gasteiger partial charge in [-0.2, -0.15) is 9.49 Å². The van der Waals surface area contributed by atoms with Crippen molar-refractivity contribution in [2.24, 2.45) is 0 Å². The number of pyridine rings is 1. The normalized spacial score (nSPS) is 17.0. The second-order valence-corrected chi connectivity index (χ2v) is 6.91. The molecule has 0 amide bonds. The van der Waals surface area contributed by atoms with Crippen molar-refractivity contribution in [3.05, 3.63) is 65.9 Å². The number of fused-ring (bicyclic) bond motifs is 1. The Morgan fingerprint density at radius 3 is 2.82 bits per heavy atom. The van der Waals surface area contributed by atoms with Crippen LogP contribution in [0.15, 0.2) is 42.9 Å². The lowest BCUT2D eigenvalue weighted by Crippen LogP contribution is -2.25. The molecular weight excluding hydrogens is 364 g/mol. The minimum atomic E-state index is -0.679. The molecule has 0 aliphatic carbocycles. The number of hydrogen-bond donors (Lipinski definition) is 0. The molecule has 1 fully saturated rings. The van der Waals surface area contributed by atoms with Gasteiger partial charge in [-0.05, 0) is 43.5 Å². The molecule has 0 bridgehead atoms. The van der Waals surface area contributed by atoms with Gasteiger partial charge in [-0.15, -0.1) is 5.10 Å². The van der Waals surface area contributed by atoms with Gasteiger partial charge in [0, 0.05) is 25.0 Å². The zero-order chi connectivity index (χ0) is 19.3. The SMILES string of the molecule is Cc1cnn(-c2cc3nc(N4CCC[C@@H]4c4nc(F)ccc4F)ccn3n2)c1. The van der Waals surface area contributed by atoms with E-state index in [1.807, 2.05) is 36.4 Å². The van der Waals surface area contributed by atoms with Crippen LogP contribution in [0.3, 0.4) is 0 Å². The molecule has 7 nitrogen and oxygen atoms in total. The Morgan fingerprint density at radius 2 is 2.00 bits per heavy atom. The molecule has 142 valence electrons. The number of aryl methyl sites for hydroxylation is 1. The van der Waals surface area contributed by atoms with Gasteiger partial charge >= 0.3 is 0 Å². The molecule has 0 spiro atoms. The molecule has 28 heavy (non-hydrogen) atoms. The first kappa shape index (κ1) is 16.8. The average molecular weight is 381 g/mol. The Hall–Kier alpha value is -3.36. The van der Waals surface area contributed by atoms with Gasteiger partial charge in [-0.3, -0.25) is 0 Å². The molecule has 1 aliphatic rings. The Kier molecular flexibility index (Phi) is 3.81. The highest BCUT2D eigenvalue weighted by atomic mass is 19.1. The van der Waals surface area contributed by atoms with Gasteiger partial charge in [0.2, 0.25) is 5.95 Å². The maximum Gasteiger partial charge on any atom is 0.213 e. The molecule has 1 saturated heterocycles. The standard InChI is InChI=1S/C19H17F2N7/c1-12-10-22-28(11-12)18-9-17-24-16(6-8-27(17)25-18)26-7-2-3-14(26)19-13(20)4-5-15(21)23-19/h4-6,8-11,14H,2-3,7H2,1H3/t14-/m1/s1. The Balaban J connectivity index is 1.52. The van der Waals surface area contributed by atoms with Crippen molar-refractivity contribution in [3.63, 3.8) is 0 Å². The van der Waals surface area contributed by atoms with Crippen LogP contribution in [0.4, 0.5) is 14.6 Å². The highest BCUT2D eigenvalue weighted by Gasteiger charge is 2.31. The van der Waals surface area contributed by atoms with Crippen LogP contribution in [0.1, 0.15) is 30.1 Å². The van der Waals surface area contributed by atoms with Crippen LogP contribution in [0.2, 0.25) is 0 Å². The van der Waals surface area contributed by atoms with Gasteiger partial charge < -0.3 is 4.90 Å². The fraction of sp³-hybridized carbons (Fsp3) is 0.263. The molecule has 0 N–H and O–H groups in total. The molecule has 4 aromatic heterocycles. The van der Waals surface area contributed by atoms with Gasteiger partial charge in [-0.1, -0.05) is 0 Å². The highest BCUT2D eigenvalue weighted by molar-refractivity contribution is 5.52. The molecule has 1 atom stereocenters. The smallest absolute Gasteiger partial charge is 0.213 e. The van der Waals surface area contributed by atoms with E-state index in [1.165, 1.54) is 0 Å². The summed E-state index contributed by atoms with van der Waals surface area (Å²) < 4.78 is 31.2. The van der Waals surface area contributed by atoms with Crippen LogP contribution in [0, 0.1) is 18.7 Å². The summed E-state index contributed by atoms with van der Waals surface area (Å²) in [5, 5.41) is 8.75. The zero-order valence-corrected chi connectivity index (χ0v) is 15.1. The van der Waals surface area contributed by atoms with E-state index in [2.05, 4.69) is 20.2 Å². The fourth-order valence-corrected chi connectivity index (χ4v) is 3.66. The van der Waals surface area contributed by atoms with Crippen LogP contribution >= 0.6 is 0 Å². The van der Waals surface area contributed by atoms with Crippen molar-refractivity contribution in [2.75, 3.05) is 11.4 Å². The van der Waals surface area contributed by atoms with E-state index in [-0.39, 0.29) is 11.7 Å². The lowest BCUT2D eigenvalue weighted by Gasteiger charge is -2.25. The maximum absolute atomic E-state index is 14.3. The average Bonchev–Trinajstić information content (AvgIpc) is 3.41. The monoisotopic (exact) mass is 381 g/mol. The maximum atomic E-state index is 14.3. The van der Waals surface area contributed by atoms with E-state index in [0.717, 1.165) is 24.1 Å². The number of hydrogen-bond acceptors (Lipinski definition) is 5. The first-order valence-corrected chi connectivity index (χ1v) is 9.05. The summed E-state index contributed by atoms with van der Waals surface area (Å²) in [6.07, 6.45) is 7.00. The number of nitrogens with zero attached hydrogens (tertiary/aromatic N) is 7. The summed E-state index contributed by atoms with van der Waals surface area (Å²) >= 11 is 0. The largest absolute Gasteiger partial charge is 0.348 e. The van der Waals surface area contributed by atoms with Crippen molar-refractivity contribution in [3.8, 4) is 5.82 Å². The van der Waals surface area contributed by atoms with Crippen molar-refractivity contribution < 1.29 is 8.78 Å². The van der Waals surface area contributed by atoms with Crippen LogP contribution in [0.25, 0.3) is 11.5 Å². The predicted octanol–water partition coefficient (Wildman–Crippen LogP) is 3.24. The van der Waals surface area contributed by atoms with Gasteiger partial charge in [0.1, 0.15) is 17.3 Å². The second kappa shape index (κ2) is 6.36.